The molecule has 0 aliphatic carbocycles. The van der Waals surface area contributed by atoms with Crippen LogP contribution in [0.25, 0.3) is 0 Å². The number of alkyl halides is 1. The first kappa shape index (κ1) is 11.4. The number of carbonyl (C=O) groups is 1. The minimum absolute atomic E-state index is 0.00294. The van der Waals surface area contributed by atoms with E-state index in [-0.39, 0.29) is 16.8 Å². The molecule has 1 aromatic rings. The van der Waals surface area contributed by atoms with Gasteiger partial charge in [-0.15, -0.1) is 11.6 Å². The minimum Gasteiger partial charge on any atom is -0.337 e. The third-order valence-corrected chi connectivity index (χ3v) is 3.13. The highest BCUT2D eigenvalue weighted by molar-refractivity contribution is 6.21. The molecular weight excluding hydrogens is 229 g/mol. The van der Waals surface area contributed by atoms with Crippen molar-refractivity contribution in [3.05, 3.63) is 35.1 Å². The Hall–Kier alpha value is -1.09. The highest BCUT2D eigenvalue weighted by Crippen LogP contribution is 2.19. The van der Waals surface area contributed by atoms with Crippen molar-refractivity contribution in [1.29, 1.82) is 0 Å². The maximum Gasteiger partial charge on any atom is 0.256 e. The molecule has 0 aromatic heterocycles. The number of likely N-dealkylation sites (tertiary alicyclic amines) is 1. The van der Waals surface area contributed by atoms with E-state index in [1.54, 1.807) is 17.0 Å². The second-order valence-electron chi connectivity index (χ2n) is 4.12. The quantitative estimate of drug-likeness (QED) is 0.692. The number of hydrogen-bond donors (Lipinski definition) is 0. The van der Waals surface area contributed by atoms with Gasteiger partial charge in [0.05, 0.1) is 10.9 Å². The molecule has 2 rings (SSSR count). The van der Waals surface area contributed by atoms with E-state index in [1.165, 1.54) is 6.07 Å². The number of hydrogen-bond acceptors (Lipinski definition) is 1. The molecule has 2 nitrogen and oxygen atoms in total. The summed E-state index contributed by atoms with van der Waals surface area (Å²) in [4.78, 5) is 13.6. The van der Waals surface area contributed by atoms with Gasteiger partial charge in [-0.05, 0) is 25.5 Å². The first-order valence-corrected chi connectivity index (χ1v) is 5.71. The van der Waals surface area contributed by atoms with E-state index >= 15 is 0 Å². The summed E-state index contributed by atoms with van der Waals surface area (Å²) in [5.74, 6) is -0.724. The van der Waals surface area contributed by atoms with Gasteiger partial charge in [-0.3, -0.25) is 4.79 Å². The maximum atomic E-state index is 13.5. The van der Waals surface area contributed by atoms with Gasteiger partial charge in [-0.25, -0.2) is 4.39 Å². The number of rotatable bonds is 1. The highest BCUT2D eigenvalue weighted by atomic mass is 35.5. The average Bonchev–Trinajstić information content (AvgIpc) is 2.67. The van der Waals surface area contributed by atoms with Crippen molar-refractivity contribution in [2.24, 2.45) is 0 Å². The summed E-state index contributed by atoms with van der Waals surface area (Å²) in [6.07, 6.45) is 0.779. The highest BCUT2D eigenvalue weighted by Gasteiger charge is 2.26. The molecule has 1 fully saturated rings. The van der Waals surface area contributed by atoms with E-state index in [0.717, 1.165) is 12.0 Å². The van der Waals surface area contributed by atoms with Gasteiger partial charge in [0.25, 0.3) is 5.91 Å². The maximum absolute atomic E-state index is 13.5. The van der Waals surface area contributed by atoms with E-state index in [4.69, 9.17) is 11.6 Å². The number of aryl methyl sites for hydroxylation is 1. The molecule has 1 unspecified atom stereocenters. The van der Waals surface area contributed by atoms with Crippen molar-refractivity contribution >= 4 is 17.5 Å². The summed E-state index contributed by atoms with van der Waals surface area (Å²) >= 11 is 5.92. The zero-order valence-electron chi connectivity index (χ0n) is 9.04. The van der Waals surface area contributed by atoms with Gasteiger partial charge in [0.15, 0.2) is 0 Å². The molecule has 16 heavy (non-hydrogen) atoms. The minimum atomic E-state index is -0.464. The Morgan fingerprint density at radius 3 is 2.94 bits per heavy atom. The van der Waals surface area contributed by atoms with Crippen molar-refractivity contribution in [2.75, 3.05) is 13.1 Å². The standard InChI is InChI=1S/C12H13ClFNO/c1-8-2-3-11(14)10(6-8)12(16)15-5-4-9(13)7-15/h2-3,6,9H,4-5,7H2,1H3. The Balaban J connectivity index is 2.23. The lowest BCUT2D eigenvalue weighted by Gasteiger charge is -2.16. The molecule has 0 N–H and O–H groups in total. The van der Waals surface area contributed by atoms with Gasteiger partial charge >= 0.3 is 0 Å². The Morgan fingerprint density at radius 2 is 2.31 bits per heavy atom. The Labute approximate surface area is 99.0 Å². The monoisotopic (exact) mass is 241 g/mol. The molecule has 0 radical (unpaired) electrons. The number of halogens is 2. The second kappa shape index (κ2) is 4.42. The van der Waals surface area contributed by atoms with Gasteiger partial charge in [0.2, 0.25) is 0 Å². The molecule has 86 valence electrons. The van der Waals surface area contributed by atoms with Crippen LogP contribution in [-0.4, -0.2) is 29.3 Å². The lowest BCUT2D eigenvalue weighted by atomic mass is 10.1. The van der Waals surface area contributed by atoms with Crippen molar-refractivity contribution in [2.45, 2.75) is 18.7 Å². The normalized spacial score (nSPS) is 20.2. The van der Waals surface area contributed by atoms with Crippen LogP contribution in [-0.2, 0) is 0 Å². The van der Waals surface area contributed by atoms with Crippen LogP contribution in [0.15, 0.2) is 18.2 Å². The van der Waals surface area contributed by atoms with Crippen molar-refractivity contribution in [1.82, 2.24) is 4.90 Å². The molecule has 0 saturated carbocycles. The van der Waals surface area contributed by atoms with E-state index in [9.17, 15) is 9.18 Å². The predicted molar refractivity (Wildman–Crippen MR) is 61.3 cm³/mol. The second-order valence-corrected chi connectivity index (χ2v) is 4.74. The molecule has 0 spiro atoms. The van der Waals surface area contributed by atoms with E-state index in [2.05, 4.69) is 0 Å². The fraction of sp³-hybridized carbons (Fsp3) is 0.417. The van der Waals surface area contributed by atoms with Gasteiger partial charge in [0.1, 0.15) is 5.82 Å². The Kier molecular flexibility index (Phi) is 3.15. The zero-order chi connectivity index (χ0) is 11.7. The summed E-state index contributed by atoms with van der Waals surface area (Å²) in [5, 5.41) is -0.00294. The molecule has 1 amide bonds. The van der Waals surface area contributed by atoms with E-state index < -0.39 is 5.82 Å². The summed E-state index contributed by atoms with van der Waals surface area (Å²) < 4.78 is 13.5. The number of carbonyl (C=O) groups excluding carboxylic acids is 1. The molecule has 4 heteroatoms. The molecule has 1 aliphatic rings. The first-order chi connectivity index (χ1) is 7.58. The number of nitrogens with zero attached hydrogens (tertiary/aromatic N) is 1. The third-order valence-electron chi connectivity index (χ3n) is 2.77. The van der Waals surface area contributed by atoms with Gasteiger partial charge in [-0.1, -0.05) is 11.6 Å². The van der Waals surface area contributed by atoms with Gasteiger partial charge in [0, 0.05) is 13.1 Å². The van der Waals surface area contributed by atoms with E-state index in [1.807, 2.05) is 6.92 Å². The van der Waals surface area contributed by atoms with Crippen LogP contribution in [0.3, 0.4) is 0 Å². The molecule has 0 bridgehead atoms. The molecule has 1 aliphatic heterocycles. The SMILES string of the molecule is Cc1ccc(F)c(C(=O)N2CCC(Cl)C2)c1. The van der Waals surface area contributed by atoms with Crippen LogP contribution >= 0.6 is 11.6 Å². The lowest BCUT2D eigenvalue weighted by molar-refractivity contribution is 0.0788. The summed E-state index contributed by atoms with van der Waals surface area (Å²) in [6.45, 7) is 2.96. The third kappa shape index (κ3) is 2.19. The molecular formula is C12H13ClFNO. The van der Waals surface area contributed by atoms with Gasteiger partial charge < -0.3 is 4.90 Å². The van der Waals surface area contributed by atoms with Crippen LogP contribution in [0.5, 0.6) is 0 Å². The number of benzene rings is 1. The van der Waals surface area contributed by atoms with Crippen molar-refractivity contribution < 1.29 is 9.18 Å². The summed E-state index contributed by atoms with van der Waals surface area (Å²) in [7, 11) is 0. The lowest BCUT2D eigenvalue weighted by Crippen LogP contribution is -2.29. The molecule has 1 atom stereocenters. The fourth-order valence-corrected chi connectivity index (χ4v) is 2.14. The van der Waals surface area contributed by atoms with Gasteiger partial charge in [-0.2, -0.15) is 0 Å². The zero-order valence-corrected chi connectivity index (χ0v) is 9.80. The van der Waals surface area contributed by atoms with Crippen molar-refractivity contribution in [3.8, 4) is 0 Å². The van der Waals surface area contributed by atoms with Crippen LogP contribution < -0.4 is 0 Å². The summed E-state index contributed by atoms with van der Waals surface area (Å²) in [5.41, 5.74) is 1.03. The largest absolute Gasteiger partial charge is 0.337 e. The number of amides is 1. The summed E-state index contributed by atoms with van der Waals surface area (Å²) in [6, 6.07) is 4.57. The molecule has 1 heterocycles. The molecule has 1 aromatic carbocycles. The van der Waals surface area contributed by atoms with E-state index in [0.29, 0.717) is 13.1 Å². The van der Waals surface area contributed by atoms with Crippen LogP contribution in [0.2, 0.25) is 0 Å². The van der Waals surface area contributed by atoms with Crippen LogP contribution in [0.1, 0.15) is 22.3 Å². The Bertz CT molecular complexity index is 421. The average molecular weight is 242 g/mol. The van der Waals surface area contributed by atoms with Crippen molar-refractivity contribution in [3.63, 3.8) is 0 Å². The smallest absolute Gasteiger partial charge is 0.256 e. The molecule has 1 saturated heterocycles. The fourth-order valence-electron chi connectivity index (χ4n) is 1.88. The van der Waals surface area contributed by atoms with Crippen LogP contribution in [0, 0.1) is 12.7 Å². The predicted octanol–water partition coefficient (Wildman–Crippen LogP) is 2.59. The van der Waals surface area contributed by atoms with Crippen LogP contribution in [0.4, 0.5) is 4.39 Å². The first-order valence-electron chi connectivity index (χ1n) is 5.27. The Morgan fingerprint density at radius 1 is 1.56 bits per heavy atom. The topological polar surface area (TPSA) is 20.3 Å².